The predicted molar refractivity (Wildman–Crippen MR) is 120 cm³/mol. The first kappa shape index (κ1) is 19.2. The maximum absolute atomic E-state index is 13.1. The SMILES string of the molecule is O=C(CN1c2ccccc2NC2=C(C(=O)CCC2)[C@@H]1c1ccco1)Nc1ccccc1. The van der Waals surface area contributed by atoms with Gasteiger partial charge in [0.25, 0.3) is 0 Å². The minimum absolute atomic E-state index is 0.0724. The first-order valence-corrected chi connectivity index (χ1v) is 10.5. The van der Waals surface area contributed by atoms with Crippen LogP contribution < -0.4 is 15.5 Å². The molecule has 156 valence electrons. The largest absolute Gasteiger partial charge is 0.467 e. The molecule has 6 nitrogen and oxygen atoms in total. The zero-order valence-corrected chi connectivity index (χ0v) is 17.0. The van der Waals surface area contributed by atoms with Crippen LogP contribution in [0.3, 0.4) is 0 Å². The van der Waals surface area contributed by atoms with E-state index in [9.17, 15) is 9.59 Å². The average Bonchev–Trinajstić information content (AvgIpc) is 3.26. The minimum Gasteiger partial charge on any atom is -0.467 e. The van der Waals surface area contributed by atoms with Gasteiger partial charge in [0, 0.05) is 23.4 Å². The molecule has 1 atom stereocenters. The fourth-order valence-corrected chi connectivity index (χ4v) is 4.39. The Morgan fingerprint density at radius 3 is 2.65 bits per heavy atom. The number of carbonyl (C=O) groups excluding carboxylic acids is 2. The Kier molecular flexibility index (Phi) is 5.04. The molecule has 1 aliphatic heterocycles. The molecule has 0 saturated heterocycles. The summed E-state index contributed by atoms with van der Waals surface area (Å²) in [5.74, 6) is 0.579. The summed E-state index contributed by atoms with van der Waals surface area (Å²) < 4.78 is 5.78. The quantitative estimate of drug-likeness (QED) is 0.636. The van der Waals surface area contributed by atoms with Crippen LogP contribution in [0, 0.1) is 0 Å². The second-order valence-corrected chi connectivity index (χ2v) is 7.77. The number of furan rings is 1. The van der Waals surface area contributed by atoms with Crippen LogP contribution in [-0.2, 0) is 9.59 Å². The van der Waals surface area contributed by atoms with Crippen molar-refractivity contribution in [2.24, 2.45) is 0 Å². The lowest BCUT2D eigenvalue weighted by Gasteiger charge is -2.33. The van der Waals surface area contributed by atoms with Gasteiger partial charge in [0.05, 0.1) is 24.2 Å². The molecule has 2 aromatic carbocycles. The minimum atomic E-state index is -0.476. The topological polar surface area (TPSA) is 74.6 Å². The van der Waals surface area contributed by atoms with Gasteiger partial charge >= 0.3 is 0 Å². The van der Waals surface area contributed by atoms with Gasteiger partial charge in [-0.05, 0) is 49.2 Å². The molecular formula is C25H23N3O3. The Balaban J connectivity index is 1.59. The fraction of sp³-hybridized carbons (Fsp3) is 0.200. The summed E-state index contributed by atoms with van der Waals surface area (Å²) >= 11 is 0. The van der Waals surface area contributed by atoms with E-state index in [1.165, 1.54) is 0 Å². The molecule has 1 amide bonds. The second kappa shape index (κ2) is 8.14. The highest BCUT2D eigenvalue weighted by molar-refractivity contribution is 6.02. The number of para-hydroxylation sites is 3. The highest BCUT2D eigenvalue weighted by Gasteiger charge is 2.38. The van der Waals surface area contributed by atoms with Crippen LogP contribution in [0.15, 0.2) is 88.7 Å². The number of ketones is 1. The smallest absolute Gasteiger partial charge is 0.243 e. The molecule has 0 radical (unpaired) electrons. The third-order valence-electron chi connectivity index (χ3n) is 5.72. The normalized spacial score (nSPS) is 18.0. The molecular weight excluding hydrogens is 390 g/mol. The Morgan fingerprint density at radius 1 is 1.03 bits per heavy atom. The van der Waals surface area contributed by atoms with E-state index in [1.807, 2.05) is 71.6 Å². The Labute approximate surface area is 180 Å². The van der Waals surface area contributed by atoms with Crippen molar-refractivity contribution in [2.45, 2.75) is 25.3 Å². The number of carbonyl (C=O) groups is 2. The molecule has 5 rings (SSSR count). The number of nitrogens with zero attached hydrogens (tertiary/aromatic N) is 1. The molecule has 0 unspecified atom stereocenters. The monoisotopic (exact) mass is 413 g/mol. The number of hydrogen-bond acceptors (Lipinski definition) is 5. The summed E-state index contributed by atoms with van der Waals surface area (Å²) in [6.07, 6.45) is 3.70. The summed E-state index contributed by atoms with van der Waals surface area (Å²) in [5.41, 5.74) is 4.07. The van der Waals surface area contributed by atoms with E-state index < -0.39 is 6.04 Å². The molecule has 0 spiro atoms. The third-order valence-corrected chi connectivity index (χ3v) is 5.72. The van der Waals surface area contributed by atoms with Gasteiger partial charge in [0.2, 0.25) is 5.91 Å². The van der Waals surface area contributed by atoms with Gasteiger partial charge in [-0.1, -0.05) is 30.3 Å². The van der Waals surface area contributed by atoms with Crippen LogP contribution in [-0.4, -0.2) is 18.2 Å². The van der Waals surface area contributed by atoms with Crippen molar-refractivity contribution in [2.75, 3.05) is 22.1 Å². The van der Waals surface area contributed by atoms with E-state index in [0.717, 1.165) is 35.6 Å². The van der Waals surface area contributed by atoms with E-state index in [1.54, 1.807) is 6.26 Å². The third kappa shape index (κ3) is 3.72. The van der Waals surface area contributed by atoms with Crippen molar-refractivity contribution >= 4 is 28.8 Å². The predicted octanol–water partition coefficient (Wildman–Crippen LogP) is 4.90. The number of benzene rings is 2. The molecule has 0 fully saturated rings. The van der Waals surface area contributed by atoms with Crippen molar-refractivity contribution < 1.29 is 14.0 Å². The van der Waals surface area contributed by atoms with E-state index in [2.05, 4.69) is 10.6 Å². The van der Waals surface area contributed by atoms with Crippen molar-refractivity contribution in [3.8, 4) is 0 Å². The zero-order valence-electron chi connectivity index (χ0n) is 17.0. The van der Waals surface area contributed by atoms with Crippen LogP contribution in [0.1, 0.15) is 31.1 Å². The van der Waals surface area contributed by atoms with E-state index in [4.69, 9.17) is 4.42 Å². The van der Waals surface area contributed by atoms with Crippen molar-refractivity contribution in [1.82, 2.24) is 0 Å². The Bertz CT molecular complexity index is 1140. The van der Waals surface area contributed by atoms with Gasteiger partial charge in [-0.2, -0.15) is 0 Å². The maximum atomic E-state index is 13.1. The number of Topliss-reactive ketones (excluding diaryl/α,β-unsaturated/α-hetero) is 1. The van der Waals surface area contributed by atoms with Gasteiger partial charge < -0.3 is 20.0 Å². The summed E-state index contributed by atoms with van der Waals surface area (Å²) in [4.78, 5) is 28.1. The molecule has 0 bridgehead atoms. The fourth-order valence-electron chi connectivity index (χ4n) is 4.39. The number of allylic oxidation sites excluding steroid dienone is 1. The lowest BCUT2D eigenvalue weighted by atomic mass is 9.88. The van der Waals surface area contributed by atoms with Gasteiger partial charge in [-0.3, -0.25) is 9.59 Å². The number of amides is 1. The number of rotatable bonds is 4. The second-order valence-electron chi connectivity index (χ2n) is 7.77. The Morgan fingerprint density at radius 2 is 1.84 bits per heavy atom. The summed E-state index contributed by atoms with van der Waals surface area (Å²) in [7, 11) is 0. The molecule has 31 heavy (non-hydrogen) atoms. The Hall–Kier alpha value is -3.80. The van der Waals surface area contributed by atoms with Gasteiger partial charge in [-0.25, -0.2) is 0 Å². The number of nitrogens with one attached hydrogen (secondary N) is 2. The molecule has 2 aliphatic rings. The van der Waals surface area contributed by atoms with E-state index >= 15 is 0 Å². The lowest BCUT2D eigenvalue weighted by molar-refractivity contribution is -0.117. The summed E-state index contributed by atoms with van der Waals surface area (Å²) in [5, 5.41) is 6.44. The van der Waals surface area contributed by atoms with E-state index in [0.29, 0.717) is 17.8 Å². The summed E-state index contributed by atoms with van der Waals surface area (Å²) in [6.45, 7) is 0.0724. The first-order chi connectivity index (χ1) is 15.2. The number of fused-ring (bicyclic) bond motifs is 1. The van der Waals surface area contributed by atoms with Crippen molar-refractivity contribution in [3.05, 3.63) is 90.0 Å². The first-order valence-electron chi connectivity index (χ1n) is 10.5. The lowest BCUT2D eigenvalue weighted by Crippen LogP contribution is -2.38. The van der Waals surface area contributed by atoms with Gasteiger partial charge in [-0.15, -0.1) is 0 Å². The molecule has 1 aliphatic carbocycles. The number of hydrogen-bond donors (Lipinski definition) is 2. The highest BCUT2D eigenvalue weighted by atomic mass is 16.3. The van der Waals surface area contributed by atoms with Crippen LogP contribution in [0.4, 0.5) is 17.1 Å². The molecule has 6 heteroatoms. The summed E-state index contributed by atoms with van der Waals surface area (Å²) in [6, 6.07) is 20.4. The van der Waals surface area contributed by atoms with Crippen LogP contribution in [0.2, 0.25) is 0 Å². The maximum Gasteiger partial charge on any atom is 0.243 e. The van der Waals surface area contributed by atoms with Gasteiger partial charge in [0.15, 0.2) is 5.78 Å². The molecule has 2 N–H and O–H groups in total. The van der Waals surface area contributed by atoms with Crippen molar-refractivity contribution in [3.63, 3.8) is 0 Å². The van der Waals surface area contributed by atoms with Gasteiger partial charge in [0.1, 0.15) is 11.8 Å². The molecule has 0 saturated carbocycles. The number of anilines is 3. The molecule has 1 aromatic heterocycles. The van der Waals surface area contributed by atoms with Crippen LogP contribution in [0.25, 0.3) is 0 Å². The highest BCUT2D eigenvalue weighted by Crippen LogP contribution is 2.44. The molecule has 3 aromatic rings. The van der Waals surface area contributed by atoms with Crippen LogP contribution in [0.5, 0.6) is 0 Å². The average molecular weight is 413 g/mol. The van der Waals surface area contributed by atoms with Crippen molar-refractivity contribution in [1.29, 1.82) is 0 Å². The van der Waals surface area contributed by atoms with Crippen LogP contribution >= 0.6 is 0 Å². The van der Waals surface area contributed by atoms with E-state index in [-0.39, 0.29) is 18.2 Å². The zero-order chi connectivity index (χ0) is 21.2. The standard InChI is InChI=1S/C25H23N3O3/c29-21-13-6-11-19-24(21)25(22-14-7-15-31-22)28(20-12-5-4-10-18(20)27-19)16-23(30)26-17-8-2-1-3-9-17/h1-5,7-10,12,14-15,25,27H,6,11,13,16H2,(H,26,30)/t25-/m0/s1. The molecule has 2 heterocycles.